The zero-order chi connectivity index (χ0) is 12.8. The van der Waals surface area contributed by atoms with Gasteiger partial charge in [-0.05, 0) is 43.4 Å². The van der Waals surface area contributed by atoms with Gasteiger partial charge in [0.15, 0.2) is 5.78 Å². The molecule has 0 fully saturated rings. The molecule has 1 aliphatic carbocycles. The van der Waals surface area contributed by atoms with Crippen LogP contribution in [-0.2, 0) is 22.3 Å². The molecule has 3 heteroatoms. The highest BCUT2D eigenvalue weighted by Gasteiger charge is 2.13. The normalized spacial score (nSPS) is 13.6. The minimum Gasteiger partial charge on any atom is -0.379 e. The van der Waals surface area contributed by atoms with Crippen molar-refractivity contribution < 1.29 is 14.3 Å². The van der Waals surface area contributed by atoms with Gasteiger partial charge in [-0.2, -0.15) is 0 Å². The lowest BCUT2D eigenvalue weighted by Gasteiger charge is -2.06. The molecule has 0 aliphatic heterocycles. The summed E-state index contributed by atoms with van der Waals surface area (Å²) in [7, 11) is 0. The Labute approximate surface area is 108 Å². The van der Waals surface area contributed by atoms with Crippen LogP contribution in [0.1, 0.15) is 34.8 Å². The number of Topliss-reactive ketones (excluding diaryl/α,β-unsaturated/α-hetero) is 1. The second kappa shape index (κ2) is 6.66. The van der Waals surface area contributed by atoms with Crippen LogP contribution < -0.4 is 0 Å². The van der Waals surface area contributed by atoms with Crippen molar-refractivity contribution in [3.05, 3.63) is 34.9 Å². The molecule has 3 nitrogen and oxygen atoms in total. The van der Waals surface area contributed by atoms with Gasteiger partial charge < -0.3 is 9.47 Å². The predicted octanol–water partition coefficient (Wildman–Crippen LogP) is 2.41. The number of aryl methyl sites for hydroxylation is 2. The minimum absolute atomic E-state index is 0.0567. The van der Waals surface area contributed by atoms with E-state index in [-0.39, 0.29) is 12.4 Å². The van der Waals surface area contributed by atoms with Crippen LogP contribution in [0, 0.1) is 0 Å². The minimum atomic E-state index is 0.0567. The van der Waals surface area contributed by atoms with Crippen molar-refractivity contribution in [2.24, 2.45) is 0 Å². The zero-order valence-corrected chi connectivity index (χ0v) is 10.9. The molecule has 0 radical (unpaired) electrons. The Balaban J connectivity index is 1.82. The van der Waals surface area contributed by atoms with Gasteiger partial charge in [-0.3, -0.25) is 4.79 Å². The highest BCUT2D eigenvalue weighted by Crippen LogP contribution is 2.22. The van der Waals surface area contributed by atoms with E-state index in [9.17, 15) is 4.79 Å². The Bertz CT molecular complexity index is 412. The Kier molecular flexibility index (Phi) is 4.90. The molecule has 0 saturated heterocycles. The molecule has 1 aromatic rings. The SMILES string of the molecule is CCOCCOCC(=O)c1ccc2c(c1)CCC2. The lowest BCUT2D eigenvalue weighted by molar-refractivity contribution is 0.0475. The molecule has 1 aromatic carbocycles. The van der Waals surface area contributed by atoms with E-state index in [1.807, 2.05) is 19.1 Å². The first kappa shape index (κ1) is 13.2. The van der Waals surface area contributed by atoms with E-state index >= 15 is 0 Å². The summed E-state index contributed by atoms with van der Waals surface area (Å²) in [6.45, 7) is 3.79. The fourth-order valence-electron chi connectivity index (χ4n) is 2.26. The average Bonchev–Trinajstić information content (AvgIpc) is 2.85. The highest BCUT2D eigenvalue weighted by atomic mass is 16.5. The van der Waals surface area contributed by atoms with Gasteiger partial charge in [0.05, 0.1) is 13.2 Å². The first-order valence-electron chi connectivity index (χ1n) is 6.61. The largest absolute Gasteiger partial charge is 0.379 e. The van der Waals surface area contributed by atoms with Crippen LogP contribution in [0.5, 0.6) is 0 Å². The second-order valence-corrected chi connectivity index (χ2v) is 4.51. The highest BCUT2D eigenvalue weighted by molar-refractivity contribution is 5.97. The third kappa shape index (κ3) is 3.40. The molecule has 0 aromatic heterocycles. The van der Waals surface area contributed by atoms with Gasteiger partial charge in [-0.15, -0.1) is 0 Å². The average molecular weight is 248 g/mol. The smallest absolute Gasteiger partial charge is 0.188 e. The number of hydrogen-bond donors (Lipinski definition) is 0. The number of ketones is 1. The summed E-state index contributed by atoms with van der Waals surface area (Å²) < 4.78 is 10.4. The fourth-order valence-corrected chi connectivity index (χ4v) is 2.26. The van der Waals surface area contributed by atoms with Crippen LogP contribution in [0.3, 0.4) is 0 Å². The molecule has 0 spiro atoms. The van der Waals surface area contributed by atoms with E-state index in [0.29, 0.717) is 19.8 Å². The maximum Gasteiger partial charge on any atom is 0.188 e. The Morgan fingerprint density at radius 2 is 1.94 bits per heavy atom. The van der Waals surface area contributed by atoms with Crippen LogP contribution >= 0.6 is 0 Å². The van der Waals surface area contributed by atoms with Crippen molar-refractivity contribution in [3.8, 4) is 0 Å². The van der Waals surface area contributed by atoms with Gasteiger partial charge in [0.2, 0.25) is 0 Å². The van der Waals surface area contributed by atoms with E-state index in [1.165, 1.54) is 17.5 Å². The molecule has 0 heterocycles. The van der Waals surface area contributed by atoms with Gasteiger partial charge in [0, 0.05) is 12.2 Å². The molecule has 0 bridgehead atoms. The molecule has 2 rings (SSSR count). The summed E-state index contributed by atoms with van der Waals surface area (Å²) in [6, 6.07) is 6.02. The predicted molar refractivity (Wildman–Crippen MR) is 70.1 cm³/mol. The summed E-state index contributed by atoms with van der Waals surface area (Å²) in [6.07, 6.45) is 3.45. The monoisotopic (exact) mass is 248 g/mol. The molecule has 0 saturated carbocycles. The Hall–Kier alpha value is -1.19. The zero-order valence-electron chi connectivity index (χ0n) is 10.9. The summed E-state index contributed by atoms with van der Waals surface area (Å²) in [5, 5.41) is 0. The molecular formula is C15H20O3. The number of ether oxygens (including phenoxy) is 2. The summed E-state index contributed by atoms with van der Waals surface area (Å²) >= 11 is 0. The van der Waals surface area contributed by atoms with E-state index in [2.05, 4.69) is 6.07 Å². The third-order valence-corrected chi connectivity index (χ3v) is 3.23. The number of hydrogen-bond acceptors (Lipinski definition) is 3. The molecule has 18 heavy (non-hydrogen) atoms. The van der Waals surface area contributed by atoms with E-state index in [1.54, 1.807) is 0 Å². The van der Waals surface area contributed by atoms with Gasteiger partial charge in [0.1, 0.15) is 6.61 Å². The number of benzene rings is 1. The third-order valence-electron chi connectivity index (χ3n) is 3.23. The van der Waals surface area contributed by atoms with Gasteiger partial charge in [0.25, 0.3) is 0 Å². The Morgan fingerprint density at radius 3 is 2.78 bits per heavy atom. The molecule has 0 amide bonds. The number of fused-ring (bicyclic) bond motifs is 1. The van der Waals surface area contributed by atoms with E-state index < -0.39 is 0 Å². The number of rotatable bonds is 7. The van der Waals surface area contributed by atoms with Crippen molar-refractivity contribution in [2.45, 2.75) is 26.2 Å². The first-order chi connectivity index (χ1) is 8.81. The van der Waals surface area contributed by atoms with Crippen molar-refractivity contribution in [1.29, 1.82) is 0 Å². The van der Waals surface area contributed by atoms with Crippen LogP contribution in [0.2, 0.25) is 0 Å². The van der Waals surface area contributed by atoms with Gasteiger partial charge >= 0.3 is 0 Å². The van der Waals surface area contributed by atoms with Crippen molar-refractivity contribution in [3.63, 3.8) is 0 Å². The summed E-state index contributed by atoms with van der Waals surface area (Å²) in [4.78, 5) is 11.9. The van der Waals surface area contributed by atoms with Crippen molar-refractivity contribution in [1.82, 2.24) is 0 Å². The first-order valence-corrected chi connectivity index (χ1v) is 6.61. The molecule has 0 unspecified atom stereocenters. The lowest BCUT2D eigenvalue weighted by Crippen LogP contribution is -2.12. The lowest BCUT2D eigenvalue weighted by atomic mass is 10.0. The van der Waals surface area contributed by atoms with E-state index in [0.717, 1.165) is 18.4 Å². The quantitative estimate of drug-likeness (QED) is 0.549. The van der Waals surface area contributed by atoms with Crippen LogP contribution in [0.25, 0.3) is 0 Å². The summed E-state index contributed by atoms with van der Waals surface area (Å²) in [5.74, 6) is 0.0567. The summed E-state index contributed by atoms with van der Waals surface area (Å²) in [5.41, 5.74) is 3.49. The molecular weight excluding hydrogens is 228 g/mol. The molecule has 0 N–H and O–H groups in total. The van der Waals surface area contributed by atoms with Gasteiger partial charge in [-0.1, -0.05) is 12.1 Å². The van der Waals surface area contributed by atoms with Crippen LogP contribution in [-0.4, -0.2) is 32.2 Å². The van der Waals surface area contributed by atoms with Gasteiger partial charge in [-0.25, -0.2) is 0 Å². The van der Waals surface area contributed by atoms with Crippen LogP contribution in [0.15, 0.2) is 18.2 Å². The van der Waals surface area contributed by atoms with Crippen molar-refractivity contribution in [2.75, 3.05) is 26.4 Å². The molecule has 1 aliphatic rings. The van der Waals surface area contributed by atoms with Crippen LogP contribution in [0.4, 0.5) is 0 Å². The second-order valence-electron chi connectivity index (χ2n) is 4.51. The Morgan fingerprint density at radius 1 is 1.17 bits per heavy atom. The molecule has 98 valence electrons. The van der Waals surface area contributed by atoms with E-state index in [4.69, 9.17) is 9.47 Å². The molecule has 0 atom stereocenters. The maximum absolute atomic E-state index is 11.9. The standard InChI is InChI=1S/C15H20O3/c1-2-17-8-9-18-11-15(16)14-7-6-12-4-3-5-13(12)10-14/h6-7,10H,2-5,8-9,11H2,1H3. The number of carbonyl (C=O) groups excluding carboxylic acids is 1. The number of carbonyl (C=O) groups is 1. The fraction of sp³-hybridized carbons (Fsp3) is 0.533. The maximum atomic E-state index is 11.9. The van der Waals surface area contributed by atoms with Crippen molar-refractivity contribution >= 4 is 5.78 Å². The topological polar surface area (TPSA) is 35.5 Å².